The molecule has 2 rings (SSSR count). The molecule has 1 aromatic carbocycles. The molecule has 0 bridgehead atoms. The Hall–Kier alpha value is -1.81. The first-order valence-corrected chi connectivity index (χ1v) is 7.90. The van der Waals surface area contributed by atoms with Crippen molar-refractivity contribution in [3.05, 3.63) is 34.0 Å². The molecule has 2 N–H and O–H groups in total. The monoisotopic (exact) mass is 320 g/mol. The summed E-state index contributed by atoms with van der Waals surface area (Å²) in [7, 11) is 1.61. The highest BCUT2D eigenvalue weighted by molar-refractivity contribution is 6.32. The van der Waals surface area contributed by atoms with Gasteiger partial charge in [0, 0.05) is 35.8 Å². The third-order valence-corrected chi connectivity index (χ3v) is 4.32. The van der Waals surface area contributed by atoms with E-state index in [9.17, 15) is 9.59 Å². The van der Waals surface area contributed by atoms with Crippen LogP contribution in [0.25, 0.3) is 10.9 Å². The predicted molar refractivity (Wildman–Crippen MR) is 89.7 cm³/mol. The van der Waals surface area contributed by atoms with Crippen LogP contribution in [0.3, 0.4) is 0 Å². The van der Waals surface area contributed by atoms with E-state index in [0.29, 0.717) is 30.0 Å². The summed E-state index contributed by atoms with van der Waals surface area (Å²) in [5.74, 6) is 0.0994. The second kappa shape index (κ2) is 6.97. The Labute approximate surface area is 135 Å². The Bertz CT molecular complexity index is 719. The molecule has 1 heterocycles. The number of halogens is 1. The predicted octanol–water partition coefficient (Wildman–Crippen LogP) is 3.79. The molecule has 0 atom stereocenters. The van der Waals surface area contributed by atoms with Gasteiger partial charge in [-0.25, -0.2) is 0 Å². The van der Waals surface area contributed by atoms with Crippen molar-refractivity contribution >= 4 is 34.2 Å². The van der Waals surface area contributed by atoms with Gasteiger partial charge in [0.05, 0.1) is 0 Å². The number of hydrogen-bond donors (Lipinski definition) is 2. The Morgan fingerprint density at radius 3 is 2.68 bits per heavy atom. The lowest BCUT2D eigenvalue weighted by molar-refractivity contribution is -0.118. The van der Waals surface area contributed by atoms with E-state index in [1.807, 2.05) is 26.0 Å². The van der Waals surface area contributed by atoms with E-state index in [2.05, 4.69) is 10.3 Å². The Morgan fingerprint density at radius 2 is 2.05 bits per heavy atom. The van der Waals surface area contributed by atoms with Crippen molar-refractivity contribution in [2.45, 2.75) is 39.5 Å². The molecule has 0 unspecified atom stereocenters. The minimum atomic E-state index is -0.151. The summed E-state index contributed by atoms with van der Waals surface area (Å²) in [4.78, 5) is 26.7. The second-order valence-electron chi connectivity index (χ2n) is 5.45. The van der Waals surface area contributed by atoms with Gasteiger partial charge in [-0.15, -0.1) is 0 Å². The number of aromatic nitrogens is 1. The van der Waals surface area contributed by atoms with Crippen molar-refractivity contribution in [3.8, 4) is 0 Å². The normalized spacial score (nSPS) is 10.9. The molecule has 0 saturated carbocycles. The summed E-state index contributed by atoms with van der Waals surface area (Å²) in [5, 5.41) is 4.33. The van der Waals surface area contributed by atoms with E-state index in [0.717, 1.165) is 28.5 Å². The molecule has 22 heavy (non-hydrogen) atoms. The van der Waals surface area contributed by atoms with Gasteiger partial charge in [0.15, 0.2) is 0 Å². The zero-order chi connectivity index (χ0) is 16.3. The van der Waals surface area contributed by atoms with Gasteiger partial charge in [0.25, 0.3) is 5.91 Å². The summed E-state index contributed by atoms with van der Waals surface area (Å²) < 4.78 is 0. The van der Waals surface area contributed by atoms with Crippen molar-refractivity contribution < 1.29 is 9.59 Å². The highest BCUT2D eigenvalue weighted by Crippen LogP contribution is 2.29. The van der Waals surface area contributed by atoms with E-state index in [4.69, 9.17) is 11.6 Å². The average molecular weight is 321 g/mol. The third kappa shape index (κ3) is 3.33. The maximum Gasteiger partial charge on any atom is 0.267 e. The smallest absolute Gasteiger partial charge is 0.267 e. The number of Topliss-reactive ketones (excluding diaryl/α,β-unsaturated/α-hetero) is 1. The van der Waals surface area contributed by atoms with Gasteiger partial charge in [0.1, 0.15) is 11.5 Å². The molecule has 0 radical (unpaired) electrons. The van der Waals surface area contributed by atoms with Gasteiger partial charge in [0.2, 0.25) is 0 Å². The molecular formula is C17H21ClN2O2. The molecule has 0 spiro atoms. The Morgan fingerprint density at radius 1 is 1.32 bits per heavy atom. The molecule has 0 aliphatic rings. The van der Waals surface area contributed by atoms with Crippen molar-refractivity contribution in [2.75, 3.05) is 7.05 Å². The molecule has 118 valence electrons. The van der Waals surface area contributed by atoms with Gasteiger partial charge in [-0.05, 0) is 43.0 Å². The van der Waals surface area contributed by atoms with Gasteiger partial charge in [-0.3, -0.25) is 9.59 Å². The van der Waals surface area contributed by atoms with Gasteiger partial charge < -0.3 is 10.3 Å². The highest BCUT2D eigenvalue weighted by Gasteiger charge is 2.17. The molecule has 5 heteroatoms. The van der Waals surface area contributed by atoms with Gasteiger partial charge in [-0.1, -0.05) is 18.5 Å². The minimum Gasteiger partial charge on any atom is -0.354 e. The lowest BCUT2D eigenvalue weighted by Gasteiger charge is -2.04. The number of hydrogen-bond acceptors (Lipinski definition) is 2. The molecule has 0 aliphatic heterocycles. The van der Waals surface area contributed by atoms with Crippen molar-refractivity contribution in [3.63, 3.8) is 0 Å². The lowest BCUT2D eigenvalue weighted by atomic mass is 10.0. The lowest BCUT2D eigenvalue weighted by Crippen LogP contribution is -2.19. The maximum atomic E-state index is 12.1. The number of H-pyrrole nitrogens is 1. The zero-order valence-corrected chi connectivity index (χ0v) is 13.9. The van der Waals surface area contributed by atoms with E-state index in [1.165, 1.54) is 0 Å². The van der Waals surface area contributed by atoms with Crippen LogP contribution >= 0.6 is 11.6 Å². The topological polar surface area (TPSA) is 62.0 Å². The first-order chi connectivity index (χ1) is 10.5. The fourth-order valence-electron chi connectivity index (χ4n) is 2.60. The molecule has 0 aliphatic carbocycles. The summed E-state index contributed by atoms with van der Waals surface area (Å²) >= 11 is 6.16. The summed E-state index contributed by atoms with van der Waals surface area (Å²) in [6, 6.07) is 3.84. The number of fused-ring (bicyclic) bond motifs is 1. The average Bonchev–Trinajstić information content (AvgIpc) is 2.84. The Balaban J connectivity index is 2.41. The number of carbonyl (C=O) groups excluding carboxylic acids is 2. The number of benzene rings is 1. The second-order valence-corrected chi connectivity index (χ2v) is 5.86. The van der Waals surface area contributed by atoms with Gasteiger partial charge >= 0.3 is 0 Å². The van der Waals surface area contributed by atoms with Crippen LogP contribution in [-0.2, 0) is 11.2 Å². The van der Waals surface area contributed by atoms with Crippen LogP contribution in [-0.4, -0.2) is 23.7 Å². The van der Waals surface area contributed by atoms with Crippen LogP contribution in [0, 0.1) is 6.92 Å². The molecule has 0 fully saturated rings. The summed E-state index contributed by atoms with van der Waals surface area (Å²) in [6.45, 7) is 3.81. The highest BCUT2D eigenvalue weighted by atomic mass is 35.5. The third-order valence-electron chi connectivity index (χ3n) is 3.92. The molecule has 1 aromatic heterocycles. The van der Waals surface area contributed by atoms with Crippen molar-refractivity contribution in [2.24, 2.45) is 0 Å². The van der Waals surface area contributed by atoms with Crippen LogP contribution in [0.1, 0.15) is 47.8 Å². The number of rotatable bonds is 6. The van der Waals surface area contributed by atoms with Crippen LogP contribution in [0.2, 0.25) is 5.02 Å². The van der Waals surface area contributed by atoms with Crippen LogP contribution in [0.15, 0.2) is 12.1 Å². The standard InChI is InChI=1S/C17H21ClN2O2/c1-4-11(21)6-5-7-12-13-8-10(2)14(18)9-15(13)20-16(12)17(22)19-3/h8-9,20H,4-7H2,1-3H3,(H,19,22). The quantitative estimate of drug-likeness (QED) is 0.850. The van der Waals surface area contributed by atoms with Crippen LogP contribution < -0.4 is 5.32 Å². The van der Waals surface area contributed by atoms with E-state index in [-0.39, 0.29) is 11.7 Å². The van der Waals surface area contributed by atoms with E-state index < -0.39 is 0 Å². The zero-order valence-electron chi connectivity index (χ0n) is 13.2. The van der Waals surface area contributed by atoms with Crippen LogP contribution in [0.4, 0.5) is 0 Å². The minimum absolute atomic E-state index is 0.151. The SMILES string of the molecule is CCC(=O)CCCc1c(C(=O)NC)[nH]c2cc(Cl)c(C)cc12. The number of carbonyl (C=O) groups is 2. The van der Waals surface area contributed by atoms with E-state index in [1.54, 1.807) is 7.05 Å². The molecule has 1 amide bonds. The maximum absolute atomic E-state index is 12.1. The van der Waals surface area contributed by atoms with E-state index >= 15 is 0 Å². The first-order valence-electron chi connectivity index (χ1n) is 7.52. The van der Waals surface area contributed by atoms with Crippen molar-refractivity contribution in [1.82, 2.24) is 10.3 Å². The Kier molecular flexibility index (Phi) is 5.24. The molecular weight excluding hydrogens is 300 g/mol. The molecule has 0 saturated heterocycles. The number of aromatic amines is 1. The van der Waals surface area contributed by atoms with Crippen LogP contribution in [0.5, 0.6) is 0 Å². The summed E-state index contributed by atoms with van der Waals surface area (Å²) in [5.41, 5.74) is 3.34. The number of ketones is 1. The first kappa shape index (κ1) is 16.6. The van der Waals surface area contributed by atoms with Crippen molar-refractivity contribution in [1.29, 1.82) is 0 Å². The largest absolute Gasteiger partial charge is 0.354 e. The van der Waals surface area contributed by atoms with Gasteiger partial charge in [-0.2, -0.15) is 0 Å². The fourth-order valence-corrected chi connectivity index (χ4v) is 2.76. The fraction of sp³-hybridized carbons (Fsp3) is 0.412. The number of amides is 1. The molecule has 2 aromatic rings. The number of nitrogens with one attached hydrogen (secondary N) is 2. The summed E-state index contributed by atoms with van der Waals surface area (Å²) in [6.07, 6.45) is 2.54. The number of aryl methyl sites for hydroxylation is 2. The molecule has 4 nitrogen and oxygen atoms in total.